The maximum absolute atomic E-state index is 12.8. The monoisotopic (exact) mass is 479 g/mol. The summed E-state index contributed by atoms with van der Waals surface area (Å²) in [5, 5.41) is 5.68. The predicted octanol–water partition coefficient (Wildman–Crippen LogP) is 3.09. The minimum atomic E-state index is -0.624. The Morgan fingerprint density at radius 3 is 2.15 bits per heavy atom. The first-order valence-electron chi connectivity index (χ1n) is 12.8. The van der Waals surface area contributed by atoms with Gasteiger partial charge in [-0.3, -0.25) is 28.9 Å². The number of rotatable bonds is 15. The van der Waals surface area contributed by atoms with Crippen molar-refractivity contribution in [2.75, 3.05) is 13.1 Å². The number of unbranched alkanes of at least 4 members (excludes halogenated alkanes) is 2. The lowest BCUT2D eigenvalue weighted by Crippen LogP contribution is -2.45. The number of ketones is 1. The molecule has 1 saturated heterocycles. The molecule has 1 aliphatic rings. The Balaban J connectivity index is 2.41. The number of hydrogen-bond acceptors (Lipinski definition) is 5. The van der Waals surface area contributed by atoms with Crippen LogP contribution in [0.25, 0.3) is 0 Å². The van der Waals surface area contributed by atoms with Crippen LogP contribution in [0.3, 0.4) is 0 Å². The van der Waals surface area contributed by atoms with Crippen LogP contribution < -0.4 is 10.6 Å². The van der Waals surface area contributed by atoms with Gasteiger partial charge in [-0.05, 0) is 30.6 Å². The van der Waals surface area contributed by atoms with E-state index in [1.807, 2.05) is 41.5 Å². The molecule has 0 aliphatic carbocycles. The standard InChI is InChI=1S/C26H45N3O5/c1-16(2)15-27-25(33)19(7)13-21(30)24(18(5)6)28-22(31)11-9-8-10-12-29-23(32)14-20(17(3)4)26(29)34/h16-20,24H,8-15H2,1-7H3,(H,27,33)(H,28,31)/t19-,20?,24+/m1/s1. The van der Waals surface area contributed by atoms with Crippen molar-refractivity contribution in [3.63, 3.8) is 0 Å². The van der Waals surface area contributed by atoms with E-state index >= 15 is 0 Å². The molecule has 0 spiro atoms. The molecule has 1 heterocycles. The van der Waals surface area contributed by atoms with Gasteiger partial charge in [0.15, 0.2) is 5.78 Å². The number of carbonyl (C=O) groups is 5. The third kappa shape index (κ3) is 9.55. The van der Waals surface area contributed by atoms with Gasteiger partial charge < -0.3 is 10.6 Å². The first kappa shape index (κ1) is 29.8. The molecular weight excluding hydrogens is 434 g/mol. The number of likely N-dealkylation sites (tertiary alicyclic amines) is 1. The minimum Gasteiger partial charge on any atom is -0.356 e. The molecule has 0 aromatic heterocycles. The summed E-state index contributed by atoms with van der Waals surface area (Å²) in [6.45, 7) is 14.4. The summed E-state index contributed by atoms with van der Waals surface area (Å²) in [5.41, 5.74) is 0. The van der Waals surface area contributed by atoms with E-state index in [1.165, 1.54) is 4.90 Å². The van der Waals surface area contributed by atoms with Crippen LogP contribution in [-0.4, -0.2) is 53.4 Å². The molecule has 8 nitrogen and oxygen atoms in total. The zero-order valence-electron chi connectivity index (χ0n) is 22.1. The second kappa shape index (κ2) is 14.2. The molecule has 3 atom stereocenters. The third-order valence-corrected chi connectivity index (χ3v) is 6.34. The quantitative estimate of drug-likeness (QED) is 0.277. The molecule has 194 valence electrons. The van der Waals surface area contributed by atoms with E-state index in [0.29, 0.717) is 44.7 Å². The van der Waals surface area contributed by atoms with Gasteiger partial charge in [0.05, 0.1) is 6.04 Å². The van der Waals surface area contributed by atoms with Gasteiger partial charge in [0.1, 0.15) is 0 Å². The summed E-state index contributed by atoms with van der Waals surface area (Å²) in [6, 6.07) is -0.624. The first-order chi connectivity index (χ1) is 15.8. The van der Waals surface area contributed by atoms with Crippen LogP contribution in [0.5, 0.6) is 0 Å². The molecule has 34 heavy (non-hydrogen) atoms. The molecule has 1 unspecified atom stereocenters. The van der Waals surface area contributed by atoms with Crippen LogP contribution in [-0.2, 0) is 24.0 Å². The first-order valence-corrected chi connectivity index (χ1v) is 12.8. The van der Waals surface area contributed by atoms with Crippen molar-refractivity contribution in [2.24, 2.45) is 29.6 Å². The second-order valence-corrected chi connectivity index (χ2v) is 10.7. The maximum Gasteiger partial charge on any atom is 0.233 e. The number of Topliss-reactive ketones (excluding diaryl/α,β-unsaturated/α-hetero) is 1. The molecule has 0 bridgehead atoms. The van der Waals surface area contributed by atoms with Crippen molar-refractivity contribution in [3.05, 3.63) is 0 Å². The topological polar surface area (TPSA) is 113 Å². The van der Waals surface area contributed by atoms with E-state index in [2.05, 4.69) is 10.6 Å². The molecule has 0 aromatic rings. The fourth-order valence-corrected chi connectivity index (χ4v) is 4.06. The van der Waals surface area contributed by atoms with E-state index in [9.17, 15) is 24.0 Å². The van der Waals surface area contributed by atoms with E-state index in [-0.39, 0.29) is 60.0 Å². The summed E-state index contributed by atoms with van der Waals surface area (Å²) in [6.07, 6.45) is 2.64. The predicted molar refractivity (Wildman–Crippen MR) is 132 cm³/mol. The lowest BCUT2D eigenvalue weighted by Gasteiger charge is -2.23. The summed E-state index contributed by atoms with van der Waals surface area (Å²) >= 11 is 0. The van der Waals surface area contributed by atoms with Crippen LogP contribution >= 0.6 is 0 Å². The zero-order valence-corrected chi connectivity index (χ0v) is 22.1. The van der Waals surface area contributed by atoms with Crippen LogP contribution in [0.4, 0.5) is 0 Å². The zero-order chi connectivity index (χ0) is 26.0. The molecule has 1 rings (SSSR count). The molecule has 0 saturated carbocycles. The van der Waals surface area contributed by atoms with E-state index in [1.54, 1.807) is 6.92 Å². The summed E-state index contributed by atoms with van der Waals surface area (Å²) < 4.78 is 0. The summed E-state index contributed by atoms with van der Waals surface area (Å²) in [5.74, 6) is -0.923. The maximum atomic E-state index is 12.8. The van der Waals surface area contributed by atoms with Crippen molar-refractivity contribution < 1.29 is 24.0 Å². The highest BCUT2D eigenvalue weighted by molar-refractivity contribution is 6.03. The van der Waals surface area contributed by atoms with Crippen molar-refractivity contribution in [1.29, 1.82) is 0 Å². The van der Waals surface area contributed by atoms with Crippen molar-refractivity contribution in [1.82, 2.24) is 15.5 Å². The largest absolute Gasteiger partial charge is 0.356 e. The molecule has 0 aromatic carbocycles. The average Bonchev–Trinajstić information content (AvgIpc) is 3.03. The number of amides is 4. The van der Waals surface area contributed by atoms with Gasteiger partial charge in [0.2, 0.25) is 23.6 Å². The Labute approximate surface area is 205 Å². The highest BCUT2D eigenvalue weighted by Crippen LogP contribution is 2.26. The Kier molecular flexibility index (Phi) is 12.5. The van der Waals surface area contributed by atoms with Crippen LogP contribution in [0.1, 0.15) is 87.0 Å². The SMILES string of the molecule is CC(C)CNC(=O)[C@H](C)CC(=O)[C@@H](NC(=O)CCCCCN1C(=O)CC(C(C)C)C1=O)C(C)C. The number of hydrogen-bond donors (Lipinski definition) is 2. The third-order valence-electron chi connectivity index (χ3n) is 6.34. The number of imide groups is 1. The number of nitrogens with one attached hydrogen (secondary N) is 2. The molecule has 1 aliphatic heterocycles. The van der Waals surface area contributed by atoms with E-state index < -0.39 is 12.0 Å². The van der Waals surface area contributed by atoms with Crippen LogP contribution in [0, 0.1) is 29.6 Å². The fraction of sp³-hybridized carbons (Fsp3) is 0.808. The fourth-order valence-electron chi connectivity index (χ4n) is 4.06. The highest BCUT2D eigenvalue weighted by atomic mass is 16.2. The molecule has 8 heteroatoms. The van der Waals surface area contributed by atoms with Gasteiger partial charge in [-0.15, -0.1) is 0 Å². The smallest absolute Gasteiger partial charge is 0.233 e. The van der Waals surface area contributed by atoms with E-state index in [4.69, 9.17) is 0 Å². The Morgan fingerprint density at radius 2 is 1.62 bits per heavy atom. The van der Waals surface area contributed by atoms with Crippen molar-refractivity contribution in [2.45, 2.75) is 93.0 Å². The van der Waals surface area contributed by atoms with Gasteiger partial charge in [0.25, 0.3) is 0 Å². The van der Waals surface area contributed by atoms with Gasteiger partial charge in [0, 0.05) is 44.2 Å². The van der Waals surface area contributed by atoms with Crippen molar-refractivity contribution >= 4 is 29.4 Å². The lowest BCUT2D eigenvalue weighted by molar-refractivity contribution is -0.140. The van der Waals surface area contributed by atoms with Crippen LogP contribution in [0.15, 0.2) is 0 Å². The summed E-state index contributed by atoms with van der Waals surface area (Å²) in [7, 11) is 0. The minimum absolute atomic E-state index is 0.0801. The highest BCUT2D eigenvalue weighted by Gasteiger charge is 2.39. The van der Waals surface area contributed by atoms with Gasteiger partial charge in [-0.1, -0.05) is 54.9 Å². The molecule has 2 N–H and O–H groups in total. The van der Waals surface area contributed by atoms with Gasteiger partial charge >= 0.3 is 0 Å². The molecule has 0 radical (unpaired) electrons. The lowest BCUT2D eigenvalue weighted by atomic mass is 9.92. The Morgan fingerprint density at radius 1 is 0.971 bits per heavy atom. The number of carbonyl (C=O) groups excluding carboxylic acids is 5. The molecule has 4 amide bonds. The van der Waals surface area contributed by atoms with Crippen molar-refractivity contribution in [3.8, 4) is 0 Å². The molecule has 1 fully saturated rings. The van der Waals surface area contributed by atoms with E-state index in [0.717, 1.165) is 0 Å². The average molecular weight is 480 g/mol. The van der Waals surface area contributed by atoms with Crippen LogP contribution in [0.2, 0.25) is 0 Å². The Hall–Kier alpha value is -2.25. The van der Waals surface area contributed by atoms with Gasteiger partial charge in [-0.2, -0.15) is 0 Å². The normalized spacial score (nSPS) is 18.1. The number of nitrogens with zero attached hydrogens (tertiary/aromatic N) is 1. The summed E-state index contributed by atoms with van der Waals surface area (Å²) in [4.78, 5) is 63.2. The molecular formula is C26H45N3O5. The van der Waals surface area contributed by atoms with Gasteiger partial charge in [-0.25, -0.2) is 0 Å². The second-order valence-electron chi connectivity index (χ2n) is 10.7. The Bertz CT molecular complexity index is 732.